The predicted molar refractivity (Wildman–Crippen MR) is 111 cm³/mol. The van der Waals surface area contributed by atoms with Crippen molar-refractivity contribution in [2.45, 2.75) is 32.1 Å². The fraction of sp³-hybridized carbons (Fsp3) is 0.480. The van der Waals surface area contributed by atoms with E-state index in [1.165, 1.54) is 25.7 Å². The third-order valence-corrected chi connectivity index (χ3v) is 7.52. The molecule has 4 fully saturated rings. The Morgan fingerprint density at radius 2 is 1.54 bits per heavy atom. The lowest BCUT2D eigenvalue weighted by Crippen LogP contribution is -2.38. The molecule has 1 aliphatic heterocycles. The van der Waals surface area contributed by atoms with Gasteiger partial charge in [-0.05, 0) is 84.6 Å². The largest absolute Gasteiger partial charge is 0.396 e. The van der Waals surface area contributed by atoms with Gasteiger partial charge in [-0.25, -0.2) is 0 Å². The van der Waals surface area contributed by atoms with E-state index in [1.807, 2.05) is 18.2 Å². The second-order valence-electron chi connectivity index (χ2n) is 8.96. The zero-order valence-electron chi connectivity index (χ0n) is 16.4. The summed E-state index contributed by atoms with van der Waals surface area (Å²) in [5, 5.41) is 9.08. The van der Waals surface area contributed by atoms with Crippen molar-refractivity contribution in [2.75, 3.05) is 19.7 Å². The number of hydrogen-bond donors (Lipinski definition) is 1. The van der Waals surface area contributed by atoms with Crippen LogP contribution in [0.4, 0.5) is 0 Å². The van der Waals surface area contributed by atoms with Gasteiger partial charge in [0.2, 0.25) is 0 Å². The van der Waals surface area contributed by atoms with E-state index >= 15 is 0 Å². The van der Waals surface area contributed by atoms with E-state index in [0.29, 0.717) is 6.42 Å². The molecular weight excluding hydrogens is 346 g/mol. The molecule has 1 N–H and O–H groups in total. The van der Waals surface area contributed by atoms with Crippen molar-refractivity contribution in [2.24, 2.45) is 23.7 Å². The van der Waals surface area contributed by atoms with Crippen LogP contribution in [0.1, 0.15) is 41.6 Å². The van der Waals surface area contributed by atoms with Crippen LogP contribution in [0.5, 0.6) is 0 Å². The minimum Gasteiger partial charge on any atom is -0.396 e. The average molecular weight is 376 g/mol. The minimum atomic E-state index is 0.170. The van der Waals surface area contributed by atoms with Crippen molar-refractivity contribution in [3.8, 4) is 11.1 Å². The maximum atomic E-state index is 13.2. The summed E-state index contributed by atoms with van der Waals surface area (Å²) in [7, 11) is 0. The van der Waals surface area contributed by atoms with E-state index < -0.39 is 0 Å². The molecule has 2 unspecified atom stereocenters. The quantitative estimate of drug-likeness (QED) is 0.861. The summed E-state index contributed by atoms with van der Waals surface area (Å²) >= 11 is 0. The third kappa shape index (κ3) is 3.16. The second-order valence-corrected chi connectivity index (χ2v) is 8.96. The Morgan fingerprint density at radius 3 is 2.14 bits per heavy atom. The fourth-order valence-electron chi connectivity index (χ4n) is 6.03. The molecule has 3 nitrogen and oxygen atoms in total. The van der Waals surface area contributed by atoms with Gasteiger partial charge in [0.05, 0.1) is 0 Å². The number of aliphatic hydroxyl groups is 1. The summed E-state index contributed by atoms with van der Waals surface area (Å²) in [5.74, 6) is 3.41. The first kappa shape index (κ1) is 17.9. The molecule has 3 saturated carbocycles. The van der Waals surface area contributed by atoms with E-state index in [1.54, 1.807) is 0 Å². The van der Waals surface area contributed by atoms with Crippen LogP contribution in [0.15, 0.2) is 48.5 Å². The topological polar surface area (TPSA) is 40.5 Å². The standard InChI is InChI=1S/C25H29NO2/c27-13-12-17-4-6-18(7-5-17)21-2-1-3-22(14-21)25(28)26-15-23-19-8-9-20(11-10-19)24(23)16-26/h1-7,14,19-20,23-24,27H,8-13,15-16H2. The molecule has 2 atom stereocenters. The number of aliphatic hydroxyl groups excluding tert-OH is 1. The normalized spacial score (nSPS) is 28.4. The molecule has 1 amide bonds. The molecule has 2 bridgehead atoms. The Bertz CT molecular complexity index is 831. The third-order valence-electron chi connectivity index (χ3n) is 7.52. The first-order valence-corrected chi connectivity index (χ1v) is 10.8. The molecule has 3 heteroatoms. The van der Waals surface area contributed by atoms with Crippen molar-refractivity contribution in [3.63, 3.8) is 0 Å². The van der Waals surface area contributed by atoms with Crippen LogP contribution in [0, 0.1) is 23.7 Å². The van der Waals surface area contributed by atoms with Gasteiger partial charge in [-0.2, -0.15) is 0 Å². The molecule has 0 spiro atoms. The summed E-state index contributed by atoms with van der Waals surface area (Å²) in [6.07, 6.45) is 6.22. The summed E-state index contributed by atoms with van der Waals surface area (Å²) in [6.45, 7) is 2.10. The lowest BCUT2D eigenvalue weighted by atomic mass is 9.60. The molecule has 2 aromatic rings. The predicted octanol–water partition coefficient (Wildman–Crippen LogP) is 4.40. The number of amides is 1. The zero-order chi connectivity index (χ0) is 19.1. The van der Waals surface area contributed by atoms with Crippen molar-refractivity contribution >= 4 is 5.91 Å². The van der Waals surface area contributed by atoms with Gasteiger partial charge in [0.25, 0.3) is 5.91 Å². The molecular formula is C25H29NO2. The first-order valence-electron chi connectivity index (χ1n) is 10.8. The van der Waals surface area contributed by atoms with Crippen LogP contribution in [0.3, 0.4) is 0 Å². The number of rotatable bonds is 4. The summed E-state index contributed by atoms with van der Waals surface area (Å²) in [5.41, 5.74) is 4.14. The number of benzene rings is 2. The summed E-state index contributed by atoms with van der Waals surface area (Å²) in [4.78, 5) is 15.4. The van der Waals surface area contributed by atoms with Crippen LogP contribution in [0.2, 0.25) is 0 Å². The number of carbonyl (C=O) groups is 1. The average Bonchev–Trinajstić information content (AvgIpc) is 3.23. The van der Waals surface area contributed by atoms with Gasteiger partial charge in [0.15, 0.2) is 0 Å². The van der Waals surface area contributed by atoms with E-state index in [2.05, 4.69) is 35.2 Å². The molecule has 146 valence electrons. The number of fused-ring (bicyclic) bond motifs is 2. The van der Waals surface area contributed by atoms with Crippen molar-refractivity contribution in [1.29, 1.82) is 0 Å². The van der Waals surface area contributed by atoms with Crippen molar-refractivity contribution < 1.29 is 9.90 Å². The van der Waals surface area contributed by atoms with E-state index in [-0.39, 0.29) is 12.5 Å². The maximum absolute atomic E-state index is 13.2. The van der Waals surface area contributed by atoms with Crippen LogP contribution < -0.4 is 0 Å². The summed E-state index contributed by atoms with van der Waals surface area (Å²) < 4.78 is 0. The maximum Gasteiger partial charge on any atom is 0.253 e. The minimum absolute atomic E-state index is 0.170. The van der Waals surface area contributed by atoms with Crippen molar-refractivity contribution in [3.05, 3.63) is 59.7 Å². The fourth-order valence-corrected chi connectivity index (χ4v) is 6.03. The Hall–Kier alpha value is -2.13. The number of likely N-dealkylation sites (tertiary alicyclic amines) is 1. The first-order chi connectivity index (χ1) is 13.7. The number of nitrogens with zero attached hydrogens (tertiary/aromatic N) is 1. The second kappa shape index (κ2) is 7.36. The molecule has 28 heavy (non-hydrogen) atoms. The van der Waals surface area contributed by atoms with Gasteiger partial charge in [-0.15, -0.1) is 0 Å². The lowest BCUT2D eigenvalue weighted by molar-refractivity contribution is 0.0577. The van der Waals surface area contributed by atoms with Gasteiger partial charge in [0.1, 0.15) is 0 Å². The van der Waals surface area contributed by atoms with Crippen LogP contribution in [0.25, 0.3) is 11.1 Å². The van der Waals surface area contributed by atoms with Gasteiger partial charge in [-0.1, -0.05) is 36.4 Å². The molecule has 1 saturated heterocycles. The highest BCUT2D eigenvalue weighted by Gasteiger charge is 2.49. The molecule has 0 radical (unpaired) electrons. The molecule has 3 aliphatic carbocycles. The Balaban J connectivity index is 1.34. The molecule has 2 aromatic carbocycles. The van der Waals surface area contributed by atoms with E-state index in [4.69, 9.17) is 5.11 Å². The molecule has 4 aliphatic rings. The highest BCUT2D eigenvalue weighted by molar-refractivity contribution is 5.95. The van der Waals surface area contributed by atoms with E-state index in [0.717, 1.165) is 59.0 Å². The lowest BCUT2D eigenvalue weighted by Gasteiger charge is -2.44. The Morgan fingerprint density at radius 1 is 0.893 bits per heavy atom. The van der Waals surface area contributed by atoms with E-state index in [9.17, 15) is 4.79 Å². The van der Waals surface area contributed by atoms with Crippen LogP contribution in [-0.2, 0) is 6.42 Å². The smallest absolute Gasteiger partial charge is 0.253 e. The van der Waals surface area contributed by atoms with Crippen molar-refractivity contribution in [1.82, 2.24) is 4.90 Å². The van der Waals surface area contributed by atoms with Gasteiger partial charge >= 0.3 is 0 Å². The molecule has 1 heterocycles. The van der Waals surface area contributed by atoms with Gasteiger partial charge in [-0.3, -0.25) is 4.79 Å². The zero-order valence-corrected chi connectivity index (χ0v) is 16.4. The molecule has 0 aromatic heterocycles. The number of hydrogen-bond acceptors (Lipinski definition) is 2. The SMILES string of the molecule is O=C(c1cccc(-c2ccc(CCO)cc2)c1)N1CC2C3CCC(CC3)C2C1. The Kier molecular flexibility index (Phi) is 4.72. The summed E-state index contributed by atoms with van der Waals surface area (Å²) in [6, 6.07) is 16.3. The Labute approximate surface area is 167 Å². The highest BCUT2D eigenvalue weighted by Crippen LogP contribution is 2.52. The number of carbonyl (C=O) groups excluding carboxylic acids is 1. The monoisotopic (exact) mass is 375 g/mol. The molecule has 6 rings (SSSR count). The van der Waals surface area contributed by atoms with Crippen LogP contribution in [-0.4, -0.2) is 35.6 Å². The highest BCUT2D eigenvalue weighted by atomic mass is 16.3. The van der Waals surface area contributed by atoms with Gasteiger partial charge < -0.3 is 10.0 Å². The van der Waals surface area contributed by atoms with Gasteiger partial charge in [0, 0.05) is 25.3 Å². The van der Waals surface area contributed by atoms with Crippen LogP contribution >= 0.6 is 0 Å².